The molecule has 0 unspecified atom stereocenters. The van der Waals surface area contributed by atoms with Gasteiger partial charge in [-0.15, -0.1) is 11.5 Å². The van der Waals surface area contributed by atoms with Crippen LogP contribution in [0, 0.1) is 12.3 Å². The quantitative estimate of drug-likeness (QED) is 0.261. The molecule has 0 aliphatic carbocycles. The summed E-state index contributed by atoms with van der Waals surface area (Å²) in [5, 5.41) is 6.14. The fourth-order valence-corrected chi connectivity index (χ4v) is 4.39. The third-order valence-electron chi connectivity index (χ3n) is 6.15. The number of terminal acetylenes is 1. The van der Waals surface area contributed by atoms with Crippen molar-refractivity contribution in [3.63, 3.8) is 0 Å². The Morgan fingerprint density at radius 2 is 1.84 bits per heavy atom. The summed E-state index contributed by atoms with van der Waals surface area (Å²) in [7, 11) is 1.11. The number of anilines is 1. The molecule has 0 bridgehead atoms. The molecule has 2 amide bonds. The normalized spacial score (nSPS) is 13.9. The van der Waals surface area contributed by atoms with Crippen molar-refractivity contribution in [2.45, 2.75) is 18.9 Å². The Balaban J connectivity index is 1.74. The first-order valence-corrected chi connectivity index (χ1v) is 12.5. The number of alkyl halides is 6. The van der Waals surface area contributed by atoms with Crippen molar-refractivity contribution in [2.75, 3.05) is 31.2 Å². The molecule has 1 fully saturated rings. The number of piperazine rings is 1. The van der Waals surface area contributed by atoms with E-state index in [1.54, 1.807) is 0 Å². The second-order valence-electron chi connectivity index (χ2n) is 9.00. The van der Waals surface area contributed by atoms with Gasteiger partial charge in [-0.1, -0.05) is 17.5 Å². The van der Waals surface area contributed by atoms with Crippen molar-refractivity contribution in [3.05, 3.63) is 52.7 Å². The van der Waals surface area contributed by atoms with E-state index in [9.17, 15) is 40.7 Å². The number of nitrogens with one attached hydrogen (secondary N) is 1. The van der Waals surface area contributed by atoms with Crippen LogP contribution in [0.15, 0.2) is 30.6 Å². The van der Waals surface area contributed by atoms with Crippen LogP contribution in [-0.2, 0) is 29.4 Å². The fraction of sp³-hybridized carbons (Fsp3) is 0.320. The van der Waals surface area contributed by atoms with Crippen LogP contribution in [0.5, 0.6) is 0 Å². The zero-order valence-corrected chi connectivity index (χ0v) is 22.7. The van der Waals surface area contributed by atoms with Crippen molar-refractivity contribution in [1.82, 2.24) is 29.5 Å². The van der Waals surface area contributed by atoms with Gasteiger partial charge in [0.1, 0.15) is 6.54 Å². The summed E-state index contributed by atoms with van der Waals surface area (Å²) >= 11 is 6.25. The first kappa shape index (κ1) is 31.4. The van der Waals surface area contributed by atoms with Crippen molar-refractivity contribution in [3.8, 4) is 23.6 Å². The molecule has 4 rings (SSSR count). The second-order valence-corrected chi connectivity index (χ2v) is 9.41. The molecule has 2 aromatic heterocycles. The van der Waals surface area contributed by atoms with Gasteiger partial charge in [-0.25, -0.2) is 9.78 Å². The van der Waals surface area contributed by atoms with E-state index in [4.69, 9.17) is 18.0 Å². The highest BCUT2D eigenvalue weighted by molar-refractivity contribution is 6.34. The number of imidazole rings is 1. The van der Waals surface area contributed by atoms with E-state index in [2.05, 4.69) is 26.2 Å². The number of hydroxylamine groups is 1. The maximum atomic E-state index is 13.7. The van der Waals surface area contributed by atoms with Gasteiger partial charge in [-0.3, -0.25) is 14.3 Å². The van der Waals surface area contributed by atoms with Gasteiger partial charge in [-0.2, -0.15) is 31.4 Å². The maximum Gasteiger partial charge on any atom is 0.493 e. The summed E-state index contributed by atoms with van der Waals surface area (Å²) in [5.41, 5.74) is -2.75. The van der Waals surface area contributed by atoms with Gasteiger partial charge in [0.2, 0.25) is 5.82 Å². The third-order valence-corrected chi connectivity index (χ3v) is 6.46. The van der Waals surface area contributed by atoms with Gasteiger partial charge in [0, 0.05) is 39.4 Å². The smallest absolute Gasteiger partial charge is 0.336 e. The van der Waals surface area contributed by atoms with Gasteiger partial charge < -0.3 is 19.6 Å². The molecule has 1 aromatic carbocycles. The number of rotatable bonds is 5. The van der Waals surface area contributed by atoms with E-state index in [1.807, 2.05) is 0 Å². The van der Waals surface area contributed by atoms with Gasteiger partial charge in [0.15, 0.2) is 5.69 Å². The fourth-order valence-electron chi connectivity index (χ4n) is 4.13. The predicted octanol–water partition coefficient (Wildman–Crippen LogP) is 3.30. The second kappa shape index (κ2) is 12.0. The lowest BCUT2D eigenvalue weighted by Gasteiger charge is -2.28. The lowest BCUT2D eigenvalue weighted by atomic mass is 10.1. The molecule has 1 aliphatic rings. The van der Waals surface area contributed by atoms with Crippen LogP contribution >= 0.6 is 11.6 Å². The zero-order valence-electron chi connectivity index (χ0n) is 22.0. The van der Waals surface area contributed by atoms with Crippen LogP contribution in [0.3, 0.4) is 0 Å². The van der Waals surface area contributed by atoms with E-state index < -0.39 is 52.9 Å². The largest absolute Gasteiger partial charge is 0.493 e. The molecular formula is C25H20ClF6N7O4. The number of carbonyl (C=O) groups is 3. The molecular weight excluding hydrogens is 612 g/mol. The molecule has 0 saturated carbocycles. The van der Waals surface area contributed by atoms with Crippen LogP contribution in [-0.4, -0.2) is 74.4 Å². The minimum absolute atomic E-state index is 0.0372. The SMILES string of the molecule is C#CCn1cc(-c2cnc(C(=O)N(OC(=O)C(F)(F)F)c3ccc(C(=O)N4CCNCC4)c(Cl)c3)n2C)c(C(F)(F)F)n1. The van der Waals surface area contributed by atoms with Crippen molar-refractivity contribution >= 4 is 35.1 Å². The molecule has 0 atom stereocenters. The zero-order chi connectivity index (χ0) is 31.7. The van der Waals surface area contributed by atoms with Crippen molar-refractivity contribution < 1.29 is 45.6 Å². The minimum Gasteiger partial charge on any atom is -0.336 e. The standard InChI is InChI=1S/C25H20ClF6N7O4/c1-3-8-38-13-16(19(35-38)24(27,28)29)18-12-34-20(36(18)2)22(41)39(43-23(42)25(30,31)32)14-4-5-15(17(26)11-14)21(40)37-9-6-33-7-10-37/h1,4-5,11-13,33H,6-10H2,2H3. The van der Waals surface area contributed by atoms with E-state index in [1.165, 1.54) is 4.90 Å². The number of carbonyl (C=O) groups excluding carboxylic acids is 3. The van der Waals surface area contributed by atoms with Gasteiger partial charge in [-0.05, 0) is 18.2 Å². The summed E-state index contributed by atoms with van der Waals surface area (Å²) < 4.78 is 82.1. The number of benzene rings is 1. The Kier molecular flexibility index (Phi) is 8.74. The number of hydrogen-bond acceptors (Lipinski definition) is 7. The average molecular weight is 632 g/mol. The van der Waals surface area contributed by atoms with Crippen LogP contribution in [0.1, 0.15) is 26.7 Å². The Hall–Kier alpha value is -4.56. The van der Waals surface area contributed by atoms with Crippen molar-refractivity contribution in [1.29, 1.82) is 0 Å². The van der Waals surface area contributed by atoms with E-state index >= 15 is 0 Å². The number of halogens is 7. The Bertz CT molecular complexity index is 1600. The first-order chi connectivity index (χ1) is 20.1. The molecule has 3 aromatic rings. The Labute approximate surface area is 243 Å². The lowest BCUT2D eigenvalue weighted by Crippen LogP contribution is -2.46. The Morgan fingerprint density at radius 3 is 2.42 bits per heavy atom. The van der Waals surface area contributed by atoms with Gasteiger partial charge in [0.05, 0.1) is 33.7 Å². The molecule has 228 valence electrons. The molecule has 11 nitrogen and oxygen atoms in total. The minimum atomic E-state index is -5.54. The predicted molar refractivity (Wildman–Crippen MR) is 137 cm³/mol. The molecule has 1 N–H and O–H groups in total. The van der Waals surface area contributed by atoms with Crippen LogP contribution in [0.4, 0.5) is 32.0 Å². The first-order valence-electron chi connectivity index (χ1n) is 12.2. The molecule has 0 spiro atoms. The molecule has 1 aliphatic heterocycles. The lowest BCUT2D eigenvalue weighted by molar-refractivity contribution is -0.200. The average Bonchev–Trinajstić information content (AvgIpc) is 3.54. The number of amides is 2. The molecule has 1 saturated heterocycles. The van der Waals surface area contributed by atoms with Crippen molar-refractivity contribution in [2.24, 2.45) is 7.05 Å². The van der Waals surface area contributed by atoms with Crippen LogP contribution in [0.2, 0.25) is 5.02 Å². The summed E-state index contributed by atoms with van der Waals surface area (Å²) in [5.74, 6) is -3.34. The van der Waals surface area contributed by atoms with Gasteiger partial charge >= 0.3 is 24.2 Å². The number of hydrogen-bond donors (Lipinski definition) is 1. The molecule has 3 heterocycles. The third kappa shape index (κ3) is 6.60. The monoisotopic (exact) mass is 631 g/mol. The van der Waals surface area contributed by atoms with Gasteiger partial charge in [0.25, 0.3) is 5.91 Å². The molecule has 43 heavy (non-hydrogen) atoms. The van der Waals surface area contributed by atoms with E-state index in [0.717, 1.165) is 46.9 Å². The molecule has 18 heteroatoms. The Morgan fingerprint density at radius 1 is 1.16 bits per heavy atom. The highest BCUT2D eigenvalue weighted by Crippen LogP contribution is 2.36. The molecule has 0 radical (unpaired) electrons. The number of aromatic nitrogens is 4. The van der Waals surface area contributed by atoms with E-state index in [-0.39, 0.29) is 27.9 Å². The van der Waals surface area contributed by atoms with Crippen LogP contribution in [0.25, 0.3) is 11.3 Å². The summed E-state index contributed by atoms with van der Waals surface area (Å²) in [6.45, 7) is 1.46. The topological polar surface area (TPSA) is 115 Å². The highest BCUT2D eigenvalue weighted by Gasteiger charge is 2.44. The summed E-state index contributed by atoms with van der Waals surface area (Å²) in [6.07, 6.45) is -3.51. The van der Waals surface area contributed by atoms with E-state index in [0.29, 0.717) is 26.2 Å². The maximum absolute atomic E-state index is 13.7. The summed E-state index contributed by atoms with van der Waals surface area (Å²) in [4.78, 5) is 47.7. The summed E-state index contributed by atoms with van der Waals surface area (Å²) in [6, 6.07) is 3.06. The number of nitrogens with zero attached hydrogens (tertiary/aromatic N) is 6. The van der Waals surface area contributed by atoms with Crippen LogP contribution < -0.4 is 10.4 Å². The highest BCUT2D eigenvalue weighted by atomic mass is 35.5.